The van der Waals surface area contributed by atoms with Crippen molar-refractivity contribution in [3.63, 3.8) is 0 Å². The van der Waals surface area contributed by atoms with Crippen LogP contribution in [0.5, 0.6) is 0 Å². The van der Waals surface area contributed by atoms with Gasteiger partial charge in [-0.3, -0.25) is 9.36 Å². The van der Waals surface area contributed by atoms with E-state index in [1.807, 2.05) is 30.3 Å². The minimum absolute atomic E-state index is 0.0608. The third-order valence-electron chi connectivity index (χ3n) is 5.89. The highest BCUT2D eigenvalue weighted by molar-refractivity contribution is 5.72. The minimum atomic E-state index is -0.891. The summed E-state index contributed by atoms with van der Waals surface area (Å²) in [6.07, 6.45) is 4.74. The molecule has 1 saturated carbocycles. The number of hydrogen-bond acceptors (Lipinski definition) is 3. The Morgan fingerprint density at radius 3 is 2.45 bits per heavy atom. The van der Waals surface area contributed by atoms with Crippen molar-refractivity contribution >= 4 is 11.2 Å². The Balaban J connectivity index is 1.81. The van der Waals surface area contributed by atoms with Gasteiger partial charge in [-0.25, -0.2) is 23.1 Å². The predicted molar refractivity (Wildman–Crippen MR) is 113 cm³/mol. The lowest BCUT2D eigenvalue weighted by Gasteiger charge is -2.17. The zero-order valence-electron chi connectivity index (χ0n) is 16.7. The van der Waals surface area contributed by atoms with Crippen LogP contribution in [0.3, 0.4) is 0 Å². The van der Waals surface area contributed by atoms with Crippen LogP contribution in [0.15, 0.2) is 64.4 Å². The summed E-state index contributed by atoms with van der Waals surface area (Å²) in [7, 11) is 0. The van der Waals surface area contributed by atoms with Gasteiger partial charge < -0.3 is 4.57 Å². The molecule has 0 amide bonds. The van der Waals surface area contributed by atoms with Gasteiger partial charge in [0.25, 0.3) is 5.56 Å². The lowest BCUT2D eigenvalue weighted by atomic mass is 10.2. The Morgan fingerprint density at radius 2 is 1.74 bits per heavy atom. The van der Waals surface area contributed by atoms with Gasteiger partial charge in [0.1, 0.15) is 11.6 Å². The maximum Gasteiger partial charge on any atom is 0.337 e. The summed E-state index contributed by atoms with van der Waals surface area (Å²) in [6.45, 7) is 0.376. The summed E-state index contributed by atoms with van der Waals surface area (Å²) >= 11 is 0. The molecule has 0 unspecified atom stereocenters. The summed E-state index contributed by atoms with van der Waals surface area (Å²) in [6, 6.07) is 12.3. The third kappa shape index (κ3) is 3.28. The van der Waals surface area contributed by atoms with Crippen molar-refractivity contribution < 1.29 is 8.78 Å². The molecule has 6 nitrogen and oxygen atoms in total. The zero-order valence-corrected chi connectivity index (χ0v) is 16.7. The fourth-order valence-electron chi connectivity index (χ4n) is 4.42. The molecule has 2 heterocycles. The summed E-state index contributed by atoms with van der Waals surface area (Å²) in [5.74, 6) is -1.64. The molecular formula is C23H20F2N4O2. The first-order valence-electron chi connectivity index (χ1n) is 10.3. The fraction of sp³-hybridized carbons (Fsp3) is 0.261. The van der Waals surface area contributed by atoms with Crippen LogP contribution in [0.25, 0.3) is 16.9 Å². The van der Waals surface area contributed by atoms with Crippen molar-refractivity contribution in [2.24, 2.45) is 0 Å². The predicted octanol–water partition coefficient (Wildman–Crippen LogP) is 3.79. The van der Waals surface area contributed by atoms with Gasteiger partial charge in [0.15, 0.2) is 11.2 Å². The normalized spacial score (nSPS) is 14.5. The molecule has 4 aromatic rings. The molecule has 0 N–H and O–H groups in total. The van der Waals surface area contributed by atoms with E-state index in [1.165, 1.54) is 17.0 Å². The average molecular weight is 422 g/mol. The second-order valence-corrected chi connectivity index (χ2v) is 7.86. The van der Waals surface area contributed by atoms with Crippen LogP contribution in [-0.2, 0) is 6.54 Å². The first-order valence-corrected chi connectivity index (χ1v) is 10.3. The Hall–Kier alpha value is -3.55. The van der Waals surface area contributed by atoms with E-state index in [4.69, 9.17) is 0 Å². The molecule has 0 saturated heterocycles. The van der Waals surface area contributed by atoms with Crippen molar-refractivity contribution in [3.8, 4) is 5.69 Å². The van der Waals surface area contributed by atoms with Crippen molar-refractivity contribution in [2.45, 2.75) is 38.3 Å². The molecule has 1 aliphatic carbocycles. The molecule has 0 radical (unpaired) electrons. The quantitative estimate of drug-likeness (QED) is 0.503. The average Bonchev–Trinajstić information content (AvgIpc) is 3.41. The van der Waals surface area contributed by atoms with Gasteiger partial charge in [-0.1, -0.05) is 43.2 Å². The highest BCUT2D eigenvalue weighted by atomic mass is 19.1. The molecule has 1 fully saturated rings. The van der Waals surface area contributed by atoms with Crippen LogP contribution in [-0.4, -0.2) is 18.7 Å². The van der Waals surface area contributed by atoms with Gasteiger partial charge in [0.2, 0.25) is 0 Å². The monoisotopic (exact) mass is 422 g/mol. The second-order valence-electron chi connectivity index (χ2n) is 7.86. The van der Waals surface area contributed by atoms with Gasteiger partial charge in [-0.15, -0.1) is 0 Å². The lowest BCUT2D eigenvalue weighted by Crippen LogP contribution is -2.42. The fourth-order valence-corrected chi connectivity index (χ4v) is 4.42. The van der Waals surface area contributed by atoms with Crippen molar-refractivity contribution in [1.29, 1.82) is 0 Å². The van der Waals surface area contributed by atoms with E-state index in [9.17, 15) is 18.4 Å². The van der Waals surface area contributed by atoms with E-state index in [2.05, 4.69) is 4.98 Å². The van der Waals surface area contributed by atoms with Gasteiger partial charge >= 0.3 is 5.69 Å². The molecule has 31 heavy (non-hydrogen) atoms. The van der Waals surface area contributed by atoms with Crippen LogP contribution in [0.1, 0.15) is 37.3 Å². The maximum absolute atomic E-state index is 14.7. The molecule has 2 aromatic heterocycles. The first kappa shape index (κ1) is 19.4. The molecule has 0 spiro atoms. The molecule has 158 valence electrons. The van der Waals surface area contributed by atoms with Crippen LogP contribution in [0.2, 0.25) is 0 Å². The molecule has 0 atom stereocenters. The molecule has 1 aliphatic rings. The number of imidazole rings is 1. The molecule has 2 aromatic carbocycles. The minimum Gasteiger partial charge on any atom is -0.320 e. The number of aromatic nitrogens is 4. The van der Waals surface area contributed by atoms with E-state index in [1.54, 1.807) is 4.57 Å². The highest BCUT2D eigenvalue weighted by Gasteiger charge is 2.27. The SMILES string of the molecule is O=c1c2c(ncn2Cc2ccccc2)n(-c2ccc(F)cc2F)c(=O)n1C1CCCC1. The van der Waals surface area contributed by atoms with Gasteiger partial charge in [-0.2, -0.15) is 0 Å². The summed E-state index contributed by atoms with van der Waals surface area (Å²) in [5, 5.41) is 0. The Bertz CT molecular complexity index is 1380. The molecule has 0 aliphatic heterocycles. The number of halogens is 2. The van der Waals surface area contributed by atoms with Crippen molar-refractivity contribution in [3.05, 3.63) is 92.9 Å². The number of fused-ring (bicyclic) bond motifs is 1. The lowest BCUT2D eigenvalue weighted by molar-refractivity contribution is 0.472. The first-order chi connectivity index (χ1) is 15.0. The van der Waals surface area contributed by atoms with Crippen molar-refractivity contribution in [2.75, 3.05) is 0 Å². The molecule has 5 rings (SSSR count). The molecule has 0 bridgehead atoms. The number of rotatable bonds is 4. The van der Waals surface area contributed by atoms with Gasteiger partial charge in [0, 0.05) is 18.7 Å². The van der Waals surface area contributed by atoms with Crippen LogP contribution in [0.4, 0.5) is 8.78 Å². The van der Waals surface area contributed by atoms with Crippen molar-refractivity contribution in [1.82, 2.24) is 18.7 Å². The van der Waals surface area contributed by atoms with E-state index in [0.717, 1.165) is 35.1 Å². The van der Waals surface area contributed by atoms with Crippen LogP contribution < -0.4 is 11.2 Å². The number of nitrogens with zero attached hydrogens (tertiary/aromatic N) is 4. The van der Waals surface area contributed by atoms with Crippen LogP contribution in [0, 0.1) is 11.6 Å². The van der Waals surface area contributed by atoms with E-state index in [0.29, 0.717) is 19.4 Å². The second kappa shape index (κ2) is 7.61. The Kier molecular flexibility index (Phi) is 4.77. The Morgan fingerprint density at radius 1 is 1.00 bits per heavy atom. The Labute approximate surface area is 176 Å². The largest absolute Gasteiger partial charge is 0.337 e. The molecular weight excluding hydrogens is 402 g/mol. The summed E-state index contributed by atoms with van der Waals surface area (Å²) < 4.78 is 32.2. The smallest absolute Gasteiger partial charge is 0.320 e. The highest BCUT2D eigenvalue weighted by Crippen LogP contribution is 2.28. The third-order valence-corrected chi connectivity index (χ3v) is 5.89. The zero-order chi connectivity index (χ0) is 21.5. The number of benzene rings is 2. The van der Waals surface area contributed by atoms with E-state index < -0.39 is 22.9 Å². The maximum atomic E-state index is 14.7. The summed E-state index contributed by atoms with van der Waals surface area (Å²) in [4.78, 5) is 31.2. The number of hydrogen-bond donors (Lipinski definition) is 0. The van der Waals surface area contributed by atoms with Gasteiger partial charge in [-0.05, 0) is 30.5 Å². The van der Waals surface area contributed by atoms with E-state index in [-0.39, 0.29) is 22.9 Å². The van der Waals surface area contributed by atoms with Crippen LogP contribution >= 0.6 is 0 Å². The van der Waals surface area contributed by atoms with Gasteiger partial charge in [0.05, 0.1) is 12.0 Å². The molecule has 8 heteroatoms. The topological polar surface area (TPSA) is 61.8 Å². The standard InChI is InChI=1S/C23H20F2N4O2/c24-16-10-11-19(18(25)12-16)29-21-20(22(30)28(23(29)31)17-8-4-5-9-17)27(14-26-21)13-15-6-2-1-3-7-15/h1-3,6-7,10-12,14,17H,4-5,8-9,13H2. The summed E-state index contributed by atoms with van der Waals surface area (Å²) in [5.41, 5.74) is 0.0242. The van der Waals surface area contributed by atoms with E-state index >= 15 is 0 Å².